The van der Waals surface area contributed by atoms with E-state index in [4.69, 9.17) is 17.2 Å². The molecule has 0 radical (unpaired) electrons. The van der Waals surface area contributed by atoms with Crippen molar-refractivity contribution in [1.82, 2.24) is 15.2 Å². The van der Waals surface area contributed by atoms with Crippen LogP contribution in [0.5, 0.6) is 0 Å². The summed E-state index contributed by atoms with van der Waals surface area (Å²) in [6.45, 7) is 6.29. The smallest absolute Gasteiger partial charge is 0.169 e. The average molecular weight is 319 g/mol. The number of para-hydroxylation sites is 1. The molecule has 0 amide bonds. The maximum atomic E-state index is 5.52. The maximum Gasteiger partial charge on any atom is 0.169 e. The van der Waals surface area contributed by atoms with Crippen molar-refractivity contribution >= 4 is 38.9 Å². The van der Waals surface area contributed by atoms with E-state index in [0.29, 0.717) is 12.0 Å². The van der Waals surface area contributed by atoms with Crippen LogP contribution in [0.15, 0.2) is 24.3 Å². The molecule has 1 aromatic heterocycles. The molecule has 1 aliphatic rings. The first-order valence-corrected chi connectivity index (χ1v) is 8.77. The summed E-state index contributed by atoms with van der Waals surface area (Å²) in [5.74, 6) is 0.503. The first-order valence-electron chi connectivity index (χ1n) is 7.54. The van der Waals surface area contributed by atoms with Gasteiger partial charge < -0.3 is 10.2 Å². The molecule has 0 unspecified atom stereocenters. The first kappa shape index (κ1) is 14.7. The number of aromatic nitrogens is 1. The Bertz CT molecular complexity index is 602. The van der Waals surface area contributed by atoms with Gasteiger partial charge in [0.2, 0.25) is 0 Å². The van der Waals surface area contributed by atoms with E-state index in [2.05, 4.69) is 48.3 Å². The lowest BCUT2D eigenvalue weighted by molar-refractivity contribution is 0.303. The number of rotatable bonds is 2. The Hall–Kier alpha value is -1.20. The van der Waals surface area contributed by atoms with Gasteiger partial charge in [-0.15, -0.1) is 11.3 Å². The summed E-state index contributed by atoms with van der Waals surface area (Å²) in [6, 6.07) is 8.78. The number of piperidine rings is 1. The fraction of sp³-hybridized carbons (Fsp3) is 0.500. The minimum absolute atomic E-state index is 0.389. The highest BCUT2D eigenvalue weighted by Crippen LogP contribution is 2.32. The van der Waals surface area contributed by atoms with Gasteiger partial charge in [-0.3, -0.25) is 0 Å². The summed E-state index contributed by atoms with van der Waals surface area (Å²) in [4.78, 5) is 7.12. The molecule has 1 N–H and O–H groups in total. The predicted molar refractivity (Wildman–Crippen MR) is 94.0 cm³/mol. The second-order valence-corrected chi connectivity index (χ2v) is 7.36. The maximum absolute atomic E-state index is 5.52. The molecule has 1 saturated heterocycles. The highest BCUT2D eigenvalue weighted by Gasteiger charge is 2.25. The van der Waals surface area contributed by atoms with Crippen LogP contribution in [0, 0.1) is 0 Å². The summed E-state index contributed by atoms with van der Waals surface area (Å²) < 4.78 is 1.28. The van der Waals surface area contributed by atoms with Crippen LogP contribution in [0.1, 0.15) is 37.6 Å². The molecule has 2 aromatic rings. The molecular formula is C16H21N3S2. The Balaban J connectivity index is 1.74. The lowest BCUT2D eigenvalue weighted by Crippen LogP contribution is -2.46. The highest BCUT2D eigenvalue weighted by molar-refractivity contribution is 7.80. The van der Waals surface area contributed by atoms with E-state index in [1.165, 1.54) is 22.5 Å². The topological polar surface area (TPSA) is 28.2 Å². The van der Waals surface area contributed by atoms with Crippen LogP contribution in [-0.4, -0.2) is 34.1 Å². The average Bonchev–Trinajstić information content (AvgIpc) is 2.90. The zero-order valence-electron chi connectivity index (χ0n) is 12.5. The van der Waals surface area contributed by atoms with Crippen molar-refractivity contribution in [2.24, 2.45) is 0 Å². The molecule has 0 spiro atoms. The van der Waals surface area contributed by atoms with Gasteiger partial charge in [-0.1, -0.05) is 12.1 Å². The van der Waals surface area contributed by atoms with Crippen LogP contribution < -0.4 is 5.32 Å². The van der Waals surface area contributed by atoms with Gasteiger partial charge in [-0.25, -0.2) is 4.98 Å². The Morgan fingerprint density at radius 3 is 3.00 bits per heavy atom. The van der Waals surface area contributed by atoms with Crippen LogP contribution in [-0.2, 0) is 0 Å². The lowest BCUT2D eigenvalue weighted by Gasteiger charge is -2.34. The number of thiocarbonyl (C=S) groups is 1. The third-order valence-corrected chi connectivity index (χ3v) is 5.36. The third-order valence-electron chi connectivity index (χ3n) is 3.78. The summed E-state index contributed by atoms with van der Waals surface area (Å²) in [6.07, 6.45) is 2.39. The van der Waals surface area contributed by atoms with Gasteiger partial charge in [0, 0.05) is 25.0 Å². The number of thiazole rings is 1. The van der Waals surface area contributed by atoms with Crippen molar-refractivity contribution in [3.63, 3.8) is 0 Å². The quantitative estimate of drug-likeness (QED) is 0.853. The summed E-state index contributed by atoms with van der Waals surface area (Å²) in [5.41, 5.74) is 1.12. The molecule has 3 rings (SSSR count). The Labute approximate surface area is 135 Å². The fourth-order valence-electron chi connectivity index (χ4n) is 2.77. The van der Waals surface area contributed by atoms with Crippen molar-refractivity contribution in [3.8, 4) is 0 Å². The van der Waals surface area contributed by atoms with Crippen LogP contribution in [0.3, 0.4) is 0 Å². The molecule has 21 heavy (non-hydrogen) atoms. The van der Waals surface area contributed by atoms with Crippen molar-refractivity contribution in [1.29, 1.82) is 0 Å². The Kier molecular flexibility index (Phi) is 4.40. The Morgan fingerprint density at radius 2 is 2.24 bits per heavy atom. The first-order chi connectivity index (χ1) is 10.1. The van der Waals surface area contributed by atoms with Crippen LogP contribution in [0.25, 0.3) is 10.2 Å². The summed E-state index contributed by atoms with van der Waals surface area (Å²) >= 11 is 7.35. The van der Waals surface area contributed by atoms with Crippen molar-refractivity contribution in [2.75, 3.05) is 13.1 Å². The van der Waals surface area contributed by atoms with Gasteiger partial charge in [0.05, 0.1) is 15.2 Å². The summed E-state index contributed by atoms with van der Waals surface area (Å²) in [5, 5.41) is 5.49. The van der Waals surface area contributed by atoms with Gasteiger partial charge in [-0.05, 0) is 51.0 Å². The fourth-order valence-corrected chi connectivity index (χ4v) is 4.26. The van der Waals surface area contributed by atoms with E-state index < -0.39 is 0 Å². The van der Waals surface area contributed by atoms with Crippen molar-refractivity contribution < 1.29 is 0 Å². The number of likely N-dealkylation sites (tertiary alicyclic amines) is 1. The van der Waals surface area contributed by atoms with Gasteiger partial charge in [0.1, 0.15) is 0 Å². The molecule has 1 aromatic carbocycles. The van der Waals surface area contributed by atoms with Gasteiger partial charge >= 0.3 is 0 Å². The second kappa shape index (κ2) is 6.28. The molecule has 1 aliphatic heterocycles. The van der Waals surface area contributed by atoms with Crippen molar-refractivity contribution in [3.05, 3.63) is 29.3 Å². The number of nitrogens with zero attached hydrogens (tertiary/aromatic N) is 2. The van der Waals surface area contributed by atoms with E-state index in [9.17, 15) is 0 Å². The number of benzene rings is 1. The normalized spacial score (nSPS) is 19.2. The molecule has 5 heteroatoms. The van der Waals surface area contributed by atoms with Crippen LogP contribution >= 0.6 is 23.6 Å². The molecule has 0 bridgehead atoms. The predicted octanol–water partition coefficient (Wildman–Crippen LogP) is 3.76. The molecule has 1 atom stereocenters. The zero-order valence-corrected chi connectivity index (χ0v) is 14.1. The van der Waals surface area contributed by atoms with E-state index in [1.807, 2.05) is 11.3 Å². The van der Waals surface area contributed by atoms with Gasteiger partial charge in [-0.2, -0.15) is 0 Å². The molecular weight excluding hydrogens is 298 g/mol. The summed E-state index contributed by atoms with van der Waals surface area (Å²) in [7, 11) is 0. The highest BCUT2D eigenvalue weighted by atomic mass is 32.1. The van der Waals surface area contributed by atoms with E-state index in [0.717, 1.165) is 23.7 Å². The lowest BCUT2D eigenvalue weighted by atomic mass is 9.99. The number of fused-ring (bicyclic) bond motifs is 1. The molecule has 2 heterocycles. The molecule has 112 valence electrons. The van der Waals surface area contributed by atoms with Crippen LogP contribution in [0.2, 0.25) is 0 Å². The van der Waals surface area contributed by atoms with Gasteiger partial charge in [0.25, 0.3) is 0 Å². The number of hydrogen-bond donors (Lipinski definition) is 1. The van der Waals surface area contributed by atoms with Gasteiger partial charge in [0.15, 0.2) is 5.11 Å². The number of hydrogen-bond acceptors (Lipinski definition) is 3. The standard InChI is InChI=1S/C16H21N3S2/c1-11(2)17-16(20)19-9-5-6-12(10-19)15-18-13-7-3-4-8-14(13)21-15/h3-4,7-8,11-12H,5-6,9-10H2,1-2H3,(H,17,20)/t12-/m0/s1. The van der Waals surface area contributed by atoms with E-state index >= 15 is 0 Å². The minimum Gasteiger partial charge on any atom is -0.360 e. The molecule has 0 saturated carbocycles. The molecule has 1 fully saturated rings. The second-order valence-electron chi connectivity index (χ2n) is 5.91. The van der Waals surface area contributed by atoms with Crippen LogP contribution in [0.4, 0.5) is 0 Å². The van der Waals surface area contributed by atoms with E-state index in [-0.39, 0.29) is 0 Å². The SMILES string of the molecule is CC(C)NC(=S)N1CCC[C@H](c2nc3ccccc3s2)C1. The van der Waals surface area contributed by atoms with E-state index in [1.54, 1.807) is 0 Å². The van der Waals surface area contributed by atoms with Crippen molar-refractivity contribution in [2.45, 2.75) is 38.6 Å². The largest absolute Gasteiger partial charge is 0.360 e. The third kappa shape index (κ3) is 3.35. The monoisotopic (exact) mass is 319 g/mol. The minimum atomic E-state index is 0.389. The number of nitrogens with one attached hydrogen (secondary N) is 1. The molecule has 3 nitrogen and oxygen atoms in total. The molecule has 0 aliphatic carbocycles. The zero-order chi connectivity index (χ0) is 14.8. The Morgan fingerprint density at radius 1 is 1.43 bits per heavy atom.